The van der Waals surface area contributed by atoms with E-state index in [2.05, 4.69) is 10.2 Å². The van der Waals surface area contributed by atoms with Crippen molar-refractivity contribution in [2.24, 2.45) is 0 Å². The van der Waals surface area contributed by atoms with Crippen LogP contribution in [0, 0.1) is 0 Å². The summed E-state index contributed by atoms with van der Waals surface area (Å²) < 4.78 is 5.39. The van der Waals surface area contributed by atoms with Crippen molar-refractivity contribution in [2.75, 3.05) is 47.7 Å². The Morgan fingerprint density at radius 3 is 2.46 bits per heavy atom. The highest BCUT2D eigenvalue weighted by Gasteiger charge is 2.40. The number of morpholine rings is 1. The molecule has 1 unspecified atom stereocenters. The molecule has 0 aromatic heterocycles. The first-order chi connectivity index (χ1) is 13.7. The molecule has 0 saturated carbocycles. The second-order valence-corrected chi connectivity index (χ2v) is 7.63. The molecule has 2 heterocycles. The maximum atomic E-state index is 12.9. The number of hydrogen-bond acceptors (Lipinski definition) is 6. The molecule has 1 atom stereocenters. The Kier molecular flexibility index (Phi) is 5.54. The van der Waals surface area contributed by atoms with Gasteiger partial charge in [-0.05, 0) is 42.7 Å². The molecule has 0 spiro atoms. The minimum atomic E-state index is -0.545. The molecule has 0 bridgehead atoms. The first-order valence-corrected chi connectivity index (χ1v) is 10.6. The third-order valence-electron chi connectivity index (χ3n) is 5.06. The second kappa shape index (κ2) is 8.24. The van der Waals surface area contributed by atoms with Crippen molar-refractivity contribution >= 4 is 40.6 Å². The number of amides is 2. The number of para-hydroxylation sites is 1. The molecule has 2 fully saturated rings. The highest BCUT2D eigenvalue weighted by molar-refractivity contribution is 7.98. The normalized spacial score (nSPS) is 20.0. The van der Waals surface area contributed by atoms with Gasteiger partial charge in [0.15, 0.2) is 0 Å². The van der Waals surface area contributed by atoms with E-state index in [1.165, 1.54) is 16.7 Å². The zero-order valence-electron chi connectivity index (χ0n) is 15.8. The molecule has 2 aromatic rings. The van der Waals surface area contributed by atoms with Crippen LogP contribution >= 0.6 is 11.8 Å². The summed E-state index contributed by atoms with van der Waals surface area (Å²) in [6, 6.07) is 14.9. The monoisotopic (exact) mass is 397 g/mol. The third kappa shape index (κ3) is 3.72. The molecule has 6 nitrogen and oxygen atoms in total. The summed E-state index contributed by atoms with van der Waals surface area (Å²) in [6.45, 7) is 3.25. The summed E-state index contributed by atoms with van der Waals surface area (Å²) in [7, 11) is 0. The van der Waals surface area contributed by atoms with E-state index in [1.54, 1.807) is 0 Å². The van der Waals surface area contributed by atoms with Crippen LogP contribution < -0.4 is 15.1 Å². The quantitative estimate of drug-likeness (QED) is 0.618. The summed E-state index contributed by atoms with van der Waals surface area (Å²) in [6.07, 6.45) is 2.10. The first-order valence-electron chi connectivity index (χ1n) is 9.36. The number of nitrogens with one attached hydrogen (secondary N) is 1. The summed E-state index contributed by atoms with van der Waals surface area (Å²) in [5.74, 6) is -0.377. The molecule has 1 N–H and O–H groups in total. The fourth-order valence-electron chi connectivity index (χ4n) is 3.60. The molecule has 2 amide bonds. The van der Waals surface area contributed by atoms with Crippen LogP contribution in [0.4, 0.5) is 17.1 Å². The number of thioether (sulfide) groups is 1. The Bertz CT molecular complexity index is 865. The lowest BCUT2D eigenvalue weighted by Gasteiger charge is -2.29. The van der Waals surface area contributed by atoms with Crippen molar-refractivity contribution in [3.05, 3.63) is 48.5 Å². The molecule has 146 valence electrons. The fourth-order valence-corrected chi connectivity index (χ4v) is 4.19. The minimum absolute atomic E-state index is 0.159. The molecular weight excluding hydrogens is 374 g/mol. The van der Waals surface area contributed by atoms with Gasteiger partial charge in [-0.15, -0.1) is 11.8 Å². The van der Waals surface area contributed by atoms with Crippen molar-refractivity contribution in [3.63, 3.8) is 0 Å². The highest BCUT2D eigenvalue weighted by Crippen LogP contribution is 2.32. The van der Waals surface area contributed by atoms with Gasteiger partial charge in [0, 0.05) is 29.4 Å². The summed E-state index contributed by atoms with van der Waals surface area (Å²) in [5, 5.41) is 3.23. The van der Waals surface area contributed by atoms with Crippen molar-refractivity contribution < 1.29 is 14.3 Å². The van der Waals surface area contributed by atoms with Crippen LogP contribution in [-0.2, 0) is 14.3 Å². The van der Waals surface area contributed by atoms with Gasteiger partial charge in [0.2, 0.25) is 5.91 Å². The Hall–Kier alpha value is -2.51. The average molecular weight is 398 g/mol. The standard InChI is InChI=1S/C21H23N3O3S/c1-28-19-5-3-2-4-18(19)24-20(25)14-17(21(24)26)22-15-6-8-16(9-7-15)23-10-12-27-13-11-23/h2-9,17,22H,10-14H2,1H3. The molecule has 2 saturated heterocycles. The SMILES string of the molecule is CSc1ccccc1N1C(=O)CC(Nc2ccc(N3CCOCC3)cc2)C1=O. The van der Waals surface area contributed by atoms with E-state index in [9.17, 15) is 9.59 Å². The van der Waals surface area contributed by atoms with Gasteiger partial charge in [0.25, 0.3) is 5.91 Å². The number of anilines is 3. The molecule has 2 aliphatic rings. The van der Waals surface area contributed by atoms with Crippen molar-refractivity contribution in [1.29, 1.82) is 0 Å². The van der Waals surface area contributed by atoms with Gasteiger partial charge in [0.1, 0.15) is 6.04 Å². The van der Waals surface area contributed by atoms with E-state index in [1.807, 2.05) is 54.8 Å². The van der Waals surface area contributed by atoms with E-state index in [0.29, 0.717) is 5.69 Å². The molecule has 2 aliphatic heterocycles. The zero-order chi connectivity index (χ0) is 19.5. The van der Waals surface area contributed by atoms with Gasteiger partial charge < -0.3 is 15.0 Å². The molecule has 0 aliphatic carbocycles. The van der Waals surface area contributed by atoms with E-state index < -0.39 is 6.04 Å². The molecule has 4 rings (SSSR count). The van der Waals surface area contributed by atoms with Gasteiger partial charge in [-0.1, -0.05) is 12.1 Å². The number of carbonyl (C=O) groups excluding carboxylic acids is 2. The van der Waals surface area contributed by atoms with Crippen LogP contribution in [0.25, 0.3) is 0 Å². The van der Waals surface area contributed by atoms with Crippen LogP contribution in [0.2, 0.25) is 0 Å². The van der Waals surface area contributed by atoms with Crippen molar-refractivity contribution in [2.45, 2.75) is 17.4 Å². The van der Waals surface area contributed by atoms with Gasteiger partial charge in [-0.2, -0.15) is 0 Å². The summed E-state index contributed by atoms with van der Waals surface area (Å²) in [4.78, 5) is 30.0. The van der Waals surface area contributed by atoms with E-state index in [0.717, 1.165) is 42.6 Å². The zero-order valence-corrected chi connectivity index (χ0v) is 16.6. The second-order valence-electron chi connectivity index (χ2n) is 6.79. The van der Waals surface area contributed by atoms with E-state index >= 15 is 0 Å². The predicted octanol–water partition coefficient (Wildman–Crippen LogP) is 2.99. The van der Waals surface area contributed by atoms with Crippen LogP contribution in [-0.4, -0.2) is 50.4 Å². The van der Waals surface area contributed by atoms with Crippen LogP contribution in [0.3, 0.4) is 0 Å². The van der Waals surface area contributed by atoms with Gasteiger partial charge in [-0.25, -0.2) is 4.90 Å². The number of benzene rings is 2. The summed E-state index contributed by atoms with van der Waals surface area (Å²) in [5.41, 5.74) is 2.64. The minimum Gasteiger partial charge on any atom is -0.378 e. The average Bonchev–Trinajstić information content (AvgIpc) is 3.02. The molecule has 2 aromatic carbocycles. The van der Waals surface area contributed by atoms with Crippen molar-refractivity contribution in [3.8, 4) is 0 Å². The van der Waals surface area contributed by atoms with Crippen LogP contribution in [0.15, 0.2) is 53.4 Å². The lowest BCUT2D eigenvalue weighted by atomic mass is 10.2. The largest absolute Gasteiger partial charge is 0.378 e. The Labute approximate surface area is 168 Å². The summed E-state index contributed by atoms with van der Waals surface area (Å²) >= 11 is 1.53. The number of hydrogen-bond donors (Lipinski definition) is 1. The van der Waals surface area contributed by atoms with Gasteiger partial charge in [0.05, 0.1) is 25.3 Å². The van der Waals surface area contributed by atoms with Crippen molar-refractivity contribution in [1.82, 2.24) is 0 Å². The lowest BCUT2D eigenvalue weighted by Crippen LogP contribution is -2.36. The van der Waals surface area contributed by atoms with Crippen LogP contribution in [0.5, 0.6) is 0 Å². The van der Waals surface area contributed by atoms with Crippen LogP contribution in [0.1, 0.15) is 6.42 Å². The number of nitrogens with zero attached hydrogens (tertiary/aromatic N) is 2. The third-order valence-corrected chi connectivity index (χ3v) is 5.84. The number of ether oxygens (including phenoxy) is 1. The first kappa shape index (κ1) is 18.8. The van der Waals surface area contributed by atoms with Gasteiger partial charge in [-0.3, -0.25) is 9.59 Å². The smallest absolute Gasteiger partial charge is 0.256 e. The predicted molar refractivity (Wildman–Crippen MR) is 112 cm³/mol. The Morgan fingerprint density at radius 2 is 1.75 bits per heavy atom. The Balaban J connectivity index is 1.47. The maximum Gasteiger partial charge on any atom is 0.256 e. The van der Waals surface area contributed by atoms with E-state index in [-0.39, 0.29) is 18.2 Å². The topological polar surface area (TPSA) is 61.9 Å². The molecular formula is C21H23N3O3S. The Morgan fingerprint density at radius 1 is 1.04 bits per heavy atom. The number of rotatable bonds is 5. The molecule has 28 heavy (non-hydrogen) atoms. The molecule has 0 radical (unpaired) electrons. The van der Waals surface area contributed by atoms with Gasteiger partial charge >= 0.3 is 0 Å². The maximum absolute atomic E-state index is 12.9. The number of imide groups is 1. The highest BCUT2D eigenvalue weighted by atomic mass is 32.2. The lowest BCUT2D eigenvalue weighted by molar-refractivity contribution is -0.121. The number of carbonyl (C=O) groups is 2. The fraction of sp³-hybridized carbons (Fsp3) is 0.333. The molecule has 7 heteroatoms. The van der Waals surface area contributed by atoms with E-state index in [4.69, 9.17) is 4.74 Å².